The number of nitrogens with one attached hydrogen (secondary N) is 1. The summed E-state index contributed by atoms with van der Waals surface area (Å²) in [6, 6.07) is 9.04. The molecule has 3 rings (SSSR count). The van der Waals surface area contributed by atoms with Gasteiger partial charge in [-0.25, -0.2) is 9.36 Å². The van der Waals surface area contributed by atoms with Crippen molar-refractivity contribution in [2.24, 2.45) is 11.8 Å². The minimum Gasteiger partial charge on any atom is -0.463 e. The van der Waals surface area contributed by atoms with Crippen LogP contribution in [0.1, 0.15) is 27.0 Å². The second kappa shape index (κ2) is 12.1. The van der Waals surface area contributed by atoms with Gasteiger partial charge in [-0.1, -0.05) is 37.3 Å². The van der Waals surface area contributed by atoms with Gasteiger partial charge in [0.05, 0.1) is 30.9 Å². The Balaban J connectivity index is 1.85. The molecular formula is C23H28F3N2O8PS. The van der Waals surface area contributed by atoms with Gasteiger partial charge in [0.2, 0.25) is 0 Å². The number of esters is 1. The third kappa shape index (κ3) is 7.54. The Morgan fingerprint density at radius 3 is 2.47 bits per heavy atom. The molecule has 0 radical (unpaired) electrons. The van der Waals surface area contributed by atoms with Crippen molar-refractivity contribution in [2.45, 2.75) is 51.5 Å². The van der Waals surface area contributed by atoms with Crippen molar-refractivity contribution in [1.82, 2.24) is 9.55 Å². The summed E-state index contributed by atoms with van der Waals surface area (Å²) in [6.45, 7) is 3.92. The number of halogens is 3. The number of aromatic amines is 1. The molecule has 0 amide bonds. The van der Waals surface area contributed by atoms with E-state index in [0.29, 0.717) is 4.57 Å². The zero-order chi connectivity index (χ0) is 28.3. The Morgan fingerprint density at radius 2 is 1.89 bits per heavy atom. The van der Waals surface area contributed by atoms with Crippen LogP contribution in [0.3, 0.4) is 0 Å². The molecule has 10 nitrogen and oxygen atoms in total. The lowest BCUT2D eigenvalue weighted by Crippen LogP contribution is -2.41. The van der Waals surface area contributed by atoms with Crippen LogP contribution in [0.5, 0.6) is 5.75 Å². The molecule has 15 heteroatoms. The second-order valence-electron chi connectivity index (χ2n) is 9.02. The van der Waals surface area contributed by atoms with E-state index in [1.165, 1.54) is 25.1 Å². The van der Waals surface area contributed by atoms with Crippen molar-refractivity contribution in [3.05, 3.63) is 57.7 Å². The molecule has 1 aliphatic heterocycles. The van der Waals surface area contributed by atoms with Crippen molar-refractivity contribution in [3.8, 4) is 5.75 Å². The Morgan fingerprint density at radius 1 is 1.24 bits per heavy atom. The van der Waals surface area contributed by atoms with Crippen LogP contribution >= 0.6 is 19.8 Å². The van der Waals surface area contributed by atoms with Crippen LogP contribution in [0, 0.1) is 16.5 Å². The minimum absolute atomic E-state index is 0.00245. The molecule has 210 valence electrons. The third-order valence-corrected chi connectivity index (χ3v) is 7.81. The lowest BCUT2D eigenvalue weighted by Gasteiger charge is -2.24. The maximum absolute atomic E-state index is 13.9. The van der Waals surface area contributed by atoms with E-state index in [-0.39, 0.29) is 10.4 Å². The molecule has 1 saturated heterocycles. The van der Waals surface area contributed by atoms with E-state index >= 15 is 0 Å². The molecule has 2 N–H and O–H groups in total. The van der Waals surface area contributed by atoms with Crippen molar-refractivity contribution in [1.29, 1.82) is 0 Å². The first kappa shape index (κ1) is 30.0. The average Bonchev–Trinajstić information content (AvgIpc) is 3.14. The molecule has 2 aromatic rings. The predicted octanol–water partition coefficient (Wildman–Crippen LogP) is 4.22. The van der Waals surface area contributed by atoms with E-state index in [0.717, 1.165) is 6.20 Å². The number of H-pyrrole nitrogens is 1. The highest BCUT2D eigenvalue weighted by Crippen LogP contribution is 2.52. The van der Waals surface area contributed by atoms with E-state index in [1.807, 2.05) is 0 Å². The predicted molar refractivity (Wildman–Crippen MR) is 131 cm³/mol. The Labute approximate surface area is 221 Å². The second-order valence-corrected chi connectivity index (χ2v) is 11.5. The van der Waals surface area contributed by atoms with Crippen molar-refractivity contribution < 1.29 is 46.2 Å². The lowest BCUT2D eigenvalue weighted by molar-refractivity contribution is -0.211. The van der Waals surface area contributed by atoms with Gasteiger partial charge < -0.3 is 19.1 Å². The average molecular weight is 581 g/mol. The third-order valence-electron chi connectivity index (χ3n) is 5.55. The number of ether oxygens (including phenoxy) is 2. The molecule has 2 heterocycles. The van der Waals surface area contributed by atoms with E-state index < -0.39 is 74.6 Å². The molecule has 0 spiro atoms. The summed E-state index contributed by atoms with van der Waals surface area (Å²) in [6.07, 6.45) is -10.6. The molecule has 1 aromatic heterocycles. The van der Waals surface area contributed by atoms with E-state index in [4.69, 9.17) is 30.7 Å². The standard InChI is InChI=1S/C23H28F3N2O8PS/c1-13(2)34-21(30)14(3)12-37(32,36-15-7-5-4-6-8-15)33-11-16-19(29)18(23(24,25)26)20(35-16)28-10-9-17(38)27-22(28)31/h4-10,13-14,16,18-20,29H,11-12H2,1-3H3,(H,27,31,38)/t14-,16-,18?,19+,20-,37?/m1/s1. The molecule has 0 aliphatic carbocycles. The smallest absolute Gasteiger partial charge is 0.398 e. The highest BCUT2D eigenvalue weighted by molar-refractivity contribution is 7.71. The topological polar surface area (TPSA) is 129 Å². The van der Waals surface area contributed by atoms with Crippen LogP contribution in [0.2, 0.25) is 0 Å². The first-order chi connectivity index (χ1) is 17.7. The van der Waals surface area contributed by atoms with Gasteiger partial charge in [0.25, 0.3) is 0 Å². The summed E-state index contributed by atoms with van der Waals surface area (Å²) in [5.74, 6) is -4.00. The molecule has 38 heavy (non-hydrogen) atoms. The largest absolute Gasteiger partial charge is 0.463 e. The van der Waals surface area contributed by atoms with Crippen LogP contribution in [0.4, 0.5) is 13.2 Å². The zero-order valence-corrected chi connectivity index (χ0v) is 22.4. The van der Waals surface area contributed by atoms with Gasteiger partial charge in [0.1, 0.15) is 22.4 Å². The number of hydrogen-bond donors (Lipinski definition) is 2. The van der Waals surface area contributed by atoms with Gasteiger partial charge in [-0.05, 0) is 32.0 Å². The number of rotatable bonds is 10. The van der Waals surface area contributed by atoms with Crippen LogP contribution in [-0.4, -0.2) is 57.9 Å². The number of hydrogen-bond acceptors (Lipinski definition) is 9. The van der Waals surface area contributed by atoms with Crippen LogP contribution in [-0.2, 0) is 23.4 Å². The number of para-hydroxylation sites is 1. The minimum atomic E-state index is -4.97. The molecular weight excluding hydrogens is 552 g/mol. The summed E-state index contributed by atoms with van der Waals surface area (Å²) >= 11 is 4.82. The first-order valence-corrected chi connectivity index (χ1v) is 13.7. The fourth-order valence-electron chi connectivity index (χ4n) is 3.81. The molecule has 6 atom stereocenters. The lowest BCUT2D eigenvalue weighted by atomic mass is 9.99. The number of aliphatic hydroxyl groups is 1. The van der Waals surface area contributed by atoms with Gasteiger partial charge >= 0.3 is 25.4 Å². The fraction of sp³-hybridized carbons (Fsp3) is 0.522. The van der Waals surface area contributed by atoms with Crippen LogP contribution in [0.15, 0.2) is 47.4 Å². The number of carbonyl (C=O) groups is 1. The number of nitrogens with zero attached hydrogens (tertiary/aromatic N) is 1. The molecule has 1 aromatic carbocycles. The molecule has 2 unspecified atom stereocenters. The van der Waals surface area contributed by atoms with Crippen LogP contribution < -0.4 is 10.2 Å². The van der Waals surface area contributed by atoms with Crippen molar-refractivity contribution in [3.63, 3.8) is 0 Å². The molecule has 1 aliphatic rings. The number of alkyl halides is 3. The van der Waals surface area contributed by atoms with Gasteiger partial charge in [-0.2, -0.15) is 13.2 Å². The summed E-state index contributed by atoms with van der Waals surface area (Å²) in [5.41, 5.74) is -0.971. The quantitative estimate of drug-likeness (QED) is 0.241. The van der Waals surface area contributed by atoms with Crippen molar-refractivity contribution in [2.75, 3.05) is 12.8 Å². The SMILES string of the molecule is CC(C)OC(=O)[C@H](C)CP(=O)(OC[C@H]1O[C@@H](n2ccc(=S)[nH]c2=O)C(C(F)(F)F)[C@H]1O)Oc1ccccc1. The van der Waals surface area contributed by atoms with E-state index in [1.54, 1.807) is 32.0 Å². The summed E-state index contributed by atoms with van der Waals surface area (Å²) < 4.78 is 77.6. The van der Waals surface area contributed by atoms with Gasteiger partial charge in [-0.3, -0.25) is 18.9 Å². The molecule has 0 saturated carbocycles. The maximum atomic E-state index is 13.9. The summed E-state index contributed by atoms with van der Waals surface area (Å²) in [7, 11) is -4.20. The van der Waals surface area contributed by atoms with Gasteiger partial charge in [0.15, 0.2) is 6.23 Å². The Bertz CT molecular complexity index is 1270. The fourth-order valence-corrected chi connectivity index (χ4v) is 5.83. The Hall–Kier alpha value is -2.51. The summed E-state index contributed by atoms with van der Waals surface area (Å²) in [4.78, 5) is 26.8. The maximum Gasteiger partial charge on any atom is 0.398 e. The number of aliphatic hydroxyl groups excluding tert-OH is 1. The van der Waals surface area contributed by atoms with Crippen LogP contribution in [0.25, 0.3) is 0 Å². The van der Waals surface area contributed by atoms with E-state index in [9.17, 15) is 32.4 Å². The van der Waals surface area contributed by atoms with E-state index in [2.05, 4.69) is 4.98 Å². The van der Waals surface area contributed by atoms with Gasteiger partial charge in [-0.15, -0.1) is 0 Å². The number of benzene rings is 1. The number of carbonyl (C=O) groups excluding carboxylic acids is 1. The first-order valence-electron chi connectivity index (χ1n) is 11.6. The van der Waals surface area contributed by atoms with Crippen molar-refractivity contribution >= 4 is 25.8 Å². The number of aromatic nitrogens is 2. The highest BCUT2D eigenvalue weighted by Gasteiger charge is 2.58. The normalized spacial score (nSPS) is 24.1. The summed E-state index contributed by atoms with van der Waals surface area (Å²) in [5, 5.41) is 10.5. The highest BCUT2D eigenvalue weighted by atomic mass is 32.1. The van der Waals surface area contributed by atoms with Gasteiger partial charge in [0, 0.05) is 6.20 Å². The molecule has 0 bridgehead atoms. The zero-order valence-electron chi connectivity index (χ0n) is 20.7. The molecule has 1 fully saturated rings. The Kier molecular flexibility index (Phi) is 9.58. The monoisotopic (exact) mass is 580 g/mol.